The zero-order valence-corrected chi connectivity index (χ0v) is 44.0. The highest BCUT2D eigenvalue weighted by molar-refractivity contribution is 7.46. The smallest absolute Gasteiger partial charge is 0.475 e. The van der Waals surface area contributed by atoms with E-state index in [1.807, 2.05) is 0 Å². The molecule has 9 aliphatic rings. The predicted octanol–water partition coefficient (Wildman–Crippen LogP) is 15.6. The lowest BCUT2D eigenvalue weighted by Crippen LogP contribution is -2.51. The molecule has 0 aliphatic heterocycles. The largest absolute Gasteiger partial charge is 0.525 e. The second-order valence-corrected chi connectivity index (χ2v) is 24.4. The Hall–Kier alpha value is -0.960. The topological polar surface area (TPSA) is 114 Å². The zero-order valence-electron chi connectivity index (χ0n) is 43.1. The molecule has 0 atom stereocenters. The fraction of sp³-hybridized carbons (Fsp3) is 0.947. The summed E-state index contributed by atoms with van der Waals surface area (Å²) in [6.07, 6.45) is 67.6. The van der Waals surface area contributed by atoms with Gasteiger partial charge in [0.05, 0.1) is 0 Å². The van der Waals surface area contributed by atoms with E-state index in [0.29, 0.717) is 0 Å². The highest BCUT2D eigenvalue weighted by Crippen LogP contribution is 2.40. The molecule has 0 spiro atoms. The molecule has 9 aliphatic carbocycles. The summed E-state index contributed by atoms with van der Waals surface area (Å²) < 4.78 is 13.5. The third-order valence-electron chi connectivity index (χ3n) is 18.4. The van der Waals surface area contributed by atoms with Gasteiger partial charge in [-0.25, -0.2) is 9.36 Å². The van der Waals surface area contributed by atoms with Crippen LogP contribution in [0.15, 0.2) is 12.3 Å². The van der Waals surface area contributed by atoms with E-state index in [0.717, 1.165) is 54.4 Å². The first-order chi connectivity index (χ1) is 32.7. The lowest BCUT2D eigenvalue weighted by atomic mass is 9.84. The van der Waals surface area contributed by atoms with Gasteiger partial charge in [-0.1, -0.05) is 173 Å². The van der Waals surface area contributed by atoms with Crippen LogP contribution in [0.2, 0.25) is 0 Å². The third-order valence-corrected chi connectivity index (χ3v) is 18.9. The van der Waals surface area contributed by atoms with Crippen LogP contribution in [0.4, 0.5) is 0 Å². The number of aliphatic carboxylic acids is 1. The molecule has 0 saturated heterocycles. The zero-order chi connectivity index (χ0) is 47.1. The number of nitrogens with zero attached hydrogens (tertiary/aromatic N) is 3. The molecule has 67 heavy (non-hydrogen) atoms. The van der Waals surface area contributed by atoms with E-state index in [4.69, 9.17) is 14.9 Å². The molecule has 0 radical (unpaired) electrons. The molecule has 9 saturated carbocycles. The molecule has 0 aromatic rings. The number of carbonyl (C=O) groups is 1. The van der Waals surface area contributed by atoms with Crippen LogP contribution in [0.25, 0.3) is 0 Å². The van der Waals surface area contributed by atoms with E-state index in [1.165, 1.54) is 289 Å². The monoisotopic (exact) mass is 958 g/mol. The van der Waals surface area contributed by atoms with Gasteiger partial charge >= 0.3 is 13.8 Å². The van der Waals surface area contributed by atoms with Crippen LogP contribution in [0.5, 0.6) is 0 Å². The number of phosphoric acid groups is 1. The highest BCUT2D eigenvalue weighted by Gasteiger charge is 2.37. The van der Waals surface area contributed by atoms with Crippen molar-refractivity contribution < 1.29 is 28.8 Å². The standard InChI is InChI=1S/3C18H33N.C3H5O6P/c3*1-4-10-16(11-5-1)19(17-12-6-2-7-13-17)18-14-8-3-9-15-18;1-2(3(4)5)9-10(6,7)8/h3*16-18H,1-15H2;1H2,(H,4,5)(H2,6,7,8). The molecule has 0 aromatic heterocycles. The molecular formula is C57H104N3O6P. The first-order valence-corrected chi connectivity index (χ1v) is 31.2. The van der Waals surface area contributed by atoms with Crippen molar-refractivity contribution in [1.29, 1.82) is 0 Å². The van der Waals surface area contributed by atoms with E-state index >= 15 is 0 Å². The van der Waals surface area contributed by atoms with Gasteiger partial charge in [-0.05, 0) is 122 Å². The molecule has 0 bridgehead atoms. The van der Waals surface area contributed by atoms with E-state index in [-0.39, 0.29) is 0 Å². The van der Waals surface area contributed by atoms with Crippen molar-refractivity contribution in [3.8, 4) is 0 Å². The molecule has 10 heteroatoms. The van der Waals surface area contributed by atoms with Gasteiger partial charge in [0.1, 0.15) is 0 Å². The summed E-state index contributed by atoms with van der Waals surface area (Å²) >= 11 is 0. The number of phosphoric ester groups is 1. The Kier molecular flexibility index (Phi) is 25.5. The lowest BCUT2D eigenvalue weighted by molar-refractivity contribution is -0.135. The van der Waals surface area contributed by atoms with Crippen LogP contribution in [0.1, 0.15) is 289 Å². The summed E-state index contributed by atoms with van der Waals surface area (Å²) in [5.41, 5.74) is 0. The molecule has 0 heterocycles. The van der Waals surface area contributed by atoms with E-state index in [2.05, 4.69) is 25.8 Å². The summed E-state index contributed by atoms with van der Waals surface area (Å²) in [5.74, 6) is -2.59. The molecule has 0 amide bonds. The average molecular weight is 958 g/mol. The summed E-state index contributed by atoms with van der Waals surface area (Å²) in [6, 6.07) is 8.62. The van der Waals surface area contributed by atoms with Crippen LogP contribution in [0.3, 0.4) is 0 Å². The molecule has 388 valence electrons. The Labute approximate surface area is 411 Å². The molecule has 3 N–H and O–H groups in total. The lowest BCUT2D eigenvalue weighted by Gasteiger charge is -2.47. The second-order valence-electron chi connectivity index (χ2n) is 23.3. The van der Waals surface area contributed by atoms with Crippen molar-refractivity contribution in [1.82, 2.24) is 14.7 Å². The summed E-state index contributed by atoms with van der Waals surface area (Å²) in [7, 11) is -4.76. The fourth-order valence-corrected chi connectivity index (χ4v) is 15.6. The highest BCUT2D eigenvalue weighted by atomic mass is 31.2. The first kappa shape index (κ1) is 55.4. The summed E-state index contributed by atoms with van der Waals surface area (Å²) in [4.78, 5) is 35.1. The number of carboxylic acid groups (broad SMARTS) is 1. The van der Waals surface area contributed by atoms with Crippen LogP contribution in [-0.2, 0) is 13.9 Å². The number of hydrogen-bond donors (Lipinski definition) is 3. The van der Waals surface area contributed by atoms with Crippen LogP contribution >= 0.6 is 7.82 Å². The normalized spacial score (nSPS) is 26.2. The quantitative estimate of drug-likeness (QED) is 0.0999. The van der Waals surface area contributed by atoms with Crippen molar-refractivity contribution in [2.75, 3.05) is 0 Å². The maximum Gasteiger partial charge on any atom is 0.525 e. The Balaban J connectivity index is 0.000000151. The fourth-order valence-electron chi connectivity index (χ4n) is 15.3. The molecular weight excluding hydrogens is 854 g/mol. The molecule has 0 unspecified atom stereocenters. The van der Waals surface area contributed by atoms with Crippen molar-refractivity contribution in [3.05, 3.63) is 12.3 Å². The SMILES string of the molecule is C1CCC(N(C2CCCCC2)C2CCCCC2)CC1.C1CCC(N(C2CCCCC2)C2CCCCC2)CC1.C1CCC(N(C2CCCCC2)C2CCCCC2)CC1.C=C(OP(=O)(O)O)C(=O)O. The number of carboxylic acids is 1. The van der Waals surface area contributed by atoms with Crippen molar-refractivity contribution >= 4 is 13.8 Å². The van der Waals surface area contributed by atoms with Gasteiger partial charge in [0.15, 0.2) is 0 Å². The van der Waals surface area contributed by atoms with Gasteiger partial charge in [-0.15, -0.1) is 0 Å². The summed E-state index contributed by atoms with van der Waals surface area (Å²) in [6.45, 7) is 2.73. The van der Waals surface area contributed by atoms with Gasteiger partial charge in [0.25, 0.3) is 0 Å². The number of rotatable bonds is 12. The Morgan fingerprint density at radius 2 is 0.463 bits per heavy atom. The van der Waals surface area contributed by atoms with Gasteiger partial charge in [0, 0.05) is 54.4 Å². The van der Waals surface area contributed by atoms with Crippen LogP contribution in [0, 0.1) is 0 Å². The Morgan fingerprint density at radius 1 is 0.328 bits per heavy atom. The number of hydrogen-bond acceptors (Lipinski definition) is 6. The third kappa shape index (κ3) is 19.2. The Morgan fingerprint density at radius 3 is 0.552 bits per heavy atom. The maximum atomic E-state index is 9.89. The van der Waals surface area contributed by atoms with Crippen molar-refractivity contribution in [3.63, 3.8) is 0 Å². The average Bonchev–Trinajstić information content (AvgIpc) is 3.37. The van der Waals surface area contributed by atoms with Gasteiger partial charge in [-0.2, -0.15) is 0 Å². The first-order valence-electron chi connectivity index (χ1n) is 29.7. The maximum absolute atomic E-state index is 9.89. The van der Waals surface area contributed by atoms with Crippen LogP contribution in [-0.4, -0.2) is 89.9 Å². The predicted molar refractivity (Wildman–Crippen MR) is 277 cm³/mol. The minimum absolute atomic E-state index is 0.958. The summed E-state index contributed by atoms with van der Waals surface area (Å²) in [5, 5.41) is 7.98. The minimum atomic E-state index is -4.76. The van der Waals surface area contributed by atoms with Gasteiger partial charge < -0.3 is 9.63 Å². The molecule has 9 nitrogen and oxygen atoms in total. The minimum Gasteiger partial charge on any atom is -0.475 e. The van der Waals surface area contributed by atoms with Gasteiger partial charge in [-0.3, -0.25) is 24.5 Å². The molecule has 9 rings (SSSR count). The van der Waals surface area contributed by atoms with Crippen molar-refractivity contribution in [2.45, 2.75) is 343 Å². The van der Waals surface area contributed by atoms with Crippen molar-refractivity contribution in [2.24, 2.45) is 0 Å². The second kappa shape index (κ2) is 30.8. The van der Waals surface area contributed by atoms with Gasteiger partial charge in [0.2, 0.25) is 5.76 Å². The Bertz CT molecular complexity index is 1120. The van der Waals surface area contributed by atoms with E-state index in [1.54, 1.807) is 0 Å². The molecule has 0 aromatic carbocycles. The molecule has 9 fully saturated rings. The van der Waals surface area contributed by atoms with E-state index in [9.17, 15) is 9.36 Å². The van der Waals surface area contributed by atoms with E-state index < -0.39 is 19.6 Å². The van der Waals surface area contributed by atoms with Crippen LogP contribution < -0.4 is 0 Å².